The van der Waals surface area contributed by atoms with Gasteiger partial charge >= 0.3 is 0 Å². The quantitative estimate of drug-likeness (QED) is 0.907. The first-order valence-corrected chi connectivity index (χ1v) is 6.83. The number of nitrogens with two attached hydrogens (primary N) is 1. The molecule has 0 saturated carbocycles. The molecule has 0 unspecified atom stereocenters. The van der Waals surface area contributed by atoms with Gasteiger partial charge in [-0.05, 0) is 55.3 Å². The second kappa shape index (κ2) is 6.64. The average Bonchev–Trinajstić information content (AvgIpc) is 2.43. The van der Waals surface area contributed by atoms with E-state index in [1.807, 2.05) is 43.3 Å². The van der Waals surface area contributed by atoms with Gasteiger partial charge in [-0.1, -0.05) is 23.7 Å². The molecule has 4 heteroatoms. The summed E-state index contributed by atoms with van der Waals surface area (Å²) < 4.78 is 11.1. The van der Waals surface area contributed by atoms with Crippen LogP contribution in [-0.4, -0.2) is 13.7 Å². The molecule has 2 rings (SSSR count). The van der Waals surface area contributed by atoms with E-state index in [9.17, 15) is 0 Å². The number of aryl methyl sites for hydroxylation is 1. The predicted octanol–water partition coefficient (Wildman–Crippen LogP) is 3.95. The molecule has 0 saturated heterocycles. The zero-order valence-corrected chi connectivity index (χ0v) is 12.4. The fraction of sp³-hybridized carbons (Fsp3) is 0.250. The lowest BCUT2D eigenvalue weighted by molar-refractivity contribution is 0.378. The van der Waals surface area contributed by atoms with E-state index in [1.54, 1.807) is 7.11 Å². The number of methoxy groups -OCH3 is 1. The third kappa shape index (κ3) is 3.44. The van der Waals surface area contributed by atoms with Gasteiger partial charge in [-0.15, -0.1) is 0 Å². The molecule has 106 valence electrons. The van der Waals surface area contributed by atoms with Crippen molar-refractivity contribution in [3.63, 3.8) is 0 Å². The molecule has 0 fully saturated rings. The minimum absolute atomic E-state index is 0.568. The van der Waals surface area contributed by atoms with Crippen LogP contribution in [0, 0.1) is 6.92 Å². The molecule has 0 aliphatic heterocycles. The highest BCUT2D eigenvalue weighted by molar-refractivity contribution is 6.32. The molecule has 2 aromatic rings. The Bertz CT molecular complexity index is 599. The van der Waals surface area contributed by atoms with Crippen LogP contribution in [0.2, 0.25) is 5.02 Å². The number of rotatable bonds is 5. The lowest BCUT2D eigenvalue weighted by atomic mass is 10.1. The van der Waals surface area contributed by atoms with Gasteiger partial charge in [0, 0.05) is 0 Å². The highest BCUT2D eigenvalue weighted by Crippen LogP contribution is 2.35. The minimum atomic E-state index is 0.568. The first kappa shape index (κ1) is 14.7. The second-order valence-electron chi connectivity index (χ2n) is 4.56. The van der Waals surface area contributed by atoms with E-state index in [2.05, 4.69) is 0 Å². The molecule has 0 amide bonds. The predicted molar refractivity (Wildman–Crippen MR) is 82.0 cm³/mol. The average molecular weight is 292 g/mol. The second-order valence-corrected chi connectivity index (χ2v) is 4.97. The zero-order chi connectivity index (χ0) is 14.5. The topological polar surface area (TPSA) is 44.5 Å². The molecule has 0 radical (unpaired) electrons. The van der Waals surface area contributed by atoms with Gasteiger partial charge in [0.25, 0.3) is 0 Å². The van der Waals surface area contributed by atoms with Gasteiger partial charge in [-0.3, -0.25) is 0 Å². The summed E-state index contributed by atoms with van der Waals surface area (Å²) in [6.45, 7) is 2.60. The fourth-order valence-electron chi connectivity index (χ4n) is 1.93. The summed E-state index contributed by atoms with van der Waals surface area (Å²) in [6.07, 6.45) is 0.799. The molecule has 0 aliphatic carbocycles. The van der Waals surface area contributed by atoms with Gasteiger partial charge in [0.15, 0.2) is 11.5 Å². The number of benzene rings is 2. The molecule has 0 aromatic heterocycles. The van der Waals surface area contributed by atoms with Gasteiger partial charge in [0.1, 0.15) is 5.75 Å². The van der Waals surface area contributed by atoms with E-state index in [0.717, 1.165) is 17.5 Å². The van der Waals surface area contributed by atoms with Crippen molar-refractivity contribution in [3.05, 3.63) is 52.5 Å². The highest BCUT2D eigenvalue weighted by atomic mass is 35.5. The Balaban J connectivity index is 2.26. The van der Waals surface area contributed by atoms with Gasteiger partial charge in [0.05, 0.1) is 12.1 Å². The Kier molecular flexibility index (Phi) is 4.88. The third-order valence-electron chi connectivity index (χ3n) is 2.97. The summed E-state index contributed by atoms with van der Waals surface area (Å²) in [5, 5.41) is 0.568. The van der Waals surface area contributed by atoms with Crippen LogP contribution in [0.25, 0.3) is 0 Å². The Morgan fingerprint density at radius 2 is 1.80 bits per heavy atom. The van der Waals surface area contributed by atoms with Crippen LogP contribution < -0.4 is 15.2 Å². The van der Waals surface area contributed by atoms with Crippen LogP contribution in [0.15, 0.2) is 36.4 Å². The Hall–Kier alpha value is -1.71. The van der Waals surface area contributed by atoms with Crippen molar-refractivity contribution in [1.82, 2.24) is 0 Å². The van der Waals surface area contributed by atoms with Crippen molar-refractivity contribution >= 4 is 11.6 Å². The van der Waals surface area contributed by atoms with Crippen LogP contribution in [0.3, 0.4) is 0 Å². The molecule has 0 heterocycles. The first-order valence-electron chi connectivity index (χ1n) is 6.45. The van der Waals surface area contributed by atoms with Crippen molar-refractivity contribution < 1.29 is 9.47 Å². The molecule has 2 aromatic carbocycles. The van der Waals surface area contributed by atoms with Gasteiger partial charge in [-0.25, -0.2) is 0 Å². The van der Waals surface area contributed by atoms with Gasteiger partial charge in [-0.2, -0.15) is 0 Å². The molecule has 0 bridgehead atoms. The summed E-state index contributed by atoms with van der Waals surface area (Å²) in [5.41, 5.74) is 7.74. The lowest BCUT2D eigenvalue weighted by Gasteiger charge is -2.12. The van der Waals surface area contributed by atoms with Gasteiger partial charge in [0.2, 0.25) is 0 Å². The van der Waals surface area contributed by atoms with E-state index >= 15 is 0 Å². The smallest absolute Gasteiger partial charge is 0.169 e. The maximum absolute atomic E-state index is 6.24. The Morgan fingerprint density at radius 1 is 1.05 bits per heavy atom. The maximum atomic E-state index is 6.24. The fourth-order valence-corrected chi connectivity index (χ4v) is 2.17. The first-order chi connectivity index (χ1) is 9.63. The van der Waals surface area contributed by atoms with Crippen molar-refractivity contribution in [3.8, 4) is 17.2 Å². The molecule has 0 spiro atoms. The lowest BCUT2D eigenvalue weighted by Crippen LogP contribution is -2.02. The number of hydrogen-bond donors (Lipinski definition) is 1. The summed E-state index contributed by atoms with van der Waals surface area (Å²) in [5.74, 6) is 1.94. The van der Waals surface area contributed by atoms with E-state index in [1.165, 1.54) is 0 Å². The van der Waals surface area contributed by atoms with Crippen molar-refractivity contribution in [2.24, 2.45) is 5.73 Å². The molecule has 0 atom stereocenters. The number of hydrogen-bond acceptors (Lipinski definition) is 3. The van der Waals surface area contributed by atoms with Crippen LogP contribution >= 0.6 is 11.6 Å². The summed E-state index contributed by atoms with van der Waals surface area (Å²) in [7, 11) is 1.62. The van der Waals surface area contributed by atoms with Crippen molar-refractivity contribution in [1.29, 1.82) is 0 Å². The Morgan fingerprint density at radius 3 is 2.45 bits per heavy atom. The van der Waals surface area contributed by atoms with Crippen LogP contribution in [-0.2, 0) is 6.42 Å². The minimum Gasteiger partial charge on any atom is -0.493 e. The monoisotopic (exact) mass is 291 g/mol. The normalized spacial score (nSPS) is 10.4. The summed E-state index contributed by atoms with van der Waals surface area (Å²) in [4.78, 5) is 0. The number of halogens is 1. The molecule has 0 aliphatic rings. The Labute approximate surface area is 124 Å². The van der Waals surface area contributed by atoms with Crippen molar-refractivity contribution in [2.75, 3.05) is 13.7 Å². The van der Waals surface area contributed by atoms with E-state index in [0.29, 0.717) is 28.8 Å². The molecule has 3 nitrogen and oxygen atoms in total. The molecule has 20 heavy (non-hydrogen) atoms. The molecular weight excluding hydrogens is 274 g/mol. The van der Waals surface area contributed by atoms with Crippen molar-refractivity contribution in [2.45, 2.75) is 13.3 Å². The SMILES string of the molecule is COc1cc(C)ccc1Oc1ccc(CCN)cc1Cl. The highest BCUT2D eigenvalue weighted by Gasteiger charge is 2.09. The van der Waals surface area contributed by atoms with Crippen LogP contribution in [0.4, 0.5) is 0 Å². The van der Waals surface area contributed by atoms with Crippen LogP contribution in [0.5, 0.6) is 17.2 Å². The molecule has 2 N–H and O–H groups in total. The summed E-state index contributed by atoms with van der Waals surface area (Å²) >= 11 is 6.24. The zero-order valence-electron chi connectivity index (χ0n) is 11.7. The largest absolute Gasteiger partial charge is 0.493 e. The number of ether oxygens (including phenoxy) is 2. The molecular formula is C16H18ClNO2. The van der Waals surface area contributed by atoms with Crippen LogP contribution in [0.1, 0.15) is 11.1 Å². The van der Waals surface area contributed by atoms with Gasteiger partial charge < -0.3 is 15.2 Å². The third-order valence-corrected chi connectivity index (χ3v) is 3.26. The maximum Gasteiger partial charge on any atom is 0.169 e. The van der Waals surface area contributed by atoms with E-state index in [4.69, 9.17) is 26.8 Å². The van der Waals surface area contributed by atoms with E-state index in [-0.39, 0.29) is 0 Å². The summed E-state index contributed by atoms with van der Waals surface area (Å²) in [6, 6.07) is 11.5. The standard InChI is InChI=1S/C16H18ClNO2/c1-11-3-5-15(16(9-11)19-2)20-14-6-4-12(7-8-18)10-13(14)17/h3-6,9-10H,7-8,18H2,1-2H3. The van der Waals surface area contributed by atoms with E-state index < -0.39 is 0 Å².